The van der Waals surface area contributed by atoms with Crippen molar-refractivity contribution in [3.63, 3.8) is 0 Å². The van der Waals surface area contributed by atoms with Crippen LogP contribution in [-0.4, -0.2) is 6.71 Å². The third-order valence-electron chi connectivity index (χ3n) is 13.2. The maximum absolute atomic E-state index is 7.36. The molecule has 0 atom stereocenters. The van der Waals surface area contributed by atoms with Crippen LogP contribution in [0.4, 0.5) is 34.3 Å². The lowest BCUT2D eigenvalue weighted by Crippen LogP contribution is -2.62. The van der Waals surface area contributed by atoms with Gasteiger partial charge in [0.15, 0.2) is 5.88 Å². The molecule has 10 rings (SSSR count). The minimum absolute atomic E-state index is 0.0195. The summed E-state index contributed by atoms with van der Waals surface area (Å²) in [4.78, 5) is 4.96. The second-order valence-corrected chi connectivity index (χ2v) is 18.8. The number of fused-ring (bicyclic) bond motifs is 9. The molecule has 52 heavy (non-hydrogen) atoms. The van der Waals surface area contributed by atoms with E-state index in [1.165, 1.54) is 61.2 Å². The van der Waals surface area contributed by atoms with Gasteiger partial charge < -0.3 is 13.7 Å². The molecule has 0 N–H and O–H groups in total. The van der Waals surface area contributed by atoms with Gasteiger partial charge >= 0.3 is 0 Å². The molecule has 4 nitrogen and oxygen atoms in total. The predicted octanol–water partition coefficient (Wildman–Crippen LogP) is 11.1. The van der Waals surface area contributed by atoms with Gasteiger partial charge in [-0.25, -0.2) is 0 Å². The van der Waals surface area contributed by atoms with Crippen LogP contribution in [0, 0.1) is 6.92 Å². The molecular weight excluding hydrogens is 635 g/mol. The van der Waals surface area contributed by atoms with Crippen molar-refractivity contribution < 1.29 is 8.83 Å². The number of furan rings is 2. The highest BCUT2D eigenvalue weighted by molar-refractivity contribution is 7.00. The Morgan fingerprint density at radius 1 is 0.538 bits per heavy atom. The number of nitrogens with zero attached hydrogens (tertiary/aromatic N) is 2. The number of para-hydroxylation sites is 2. The van der Waals surface area contributed by atoms with Gasteiger partial charge in [-0.3, -0.25) is 4.90 Å². The number of benzene rings is 4. The molecule has 2 aromatic heterocycles. The van der Waals surface area contributed by atoms with Crippen LogP contribution < -0.4 is 26.2 Å². The van der Waals surface area contributed by atoms with Crippen molar-refractivity contribution in [2.75, 3.05) is 9.80 Å². The number of hydrogen-bond acceptors (Lipinski definition) is 4. The molecule has 0 fully saturated rings. The molecule has 0 unspecified atom stereocenters. The van der Waals surface area contributed by atoms with Crippen LogP contribution in [0.15, 0.2) is 93.8 Å². The molecule has 0 saturated carbocycles. The molecule has 0 bridgehead atoms. The van der Waals surface area contributed by atoms with E-state index in [2.05, 4.69) is 157 Å². The smallest absolute Gasteiger partial charge is 0.257 e. The van der Waals surface area contributed by atoms with Crippen molar-refractivity contribution in [2.24, 2.45) is 0 Å². The minimum Gasteiger partial charge on any atom is -0.460 e. The summed E-state index contributed by atoms with van der Waals surface area (Å²) in [7, 11) is 0. The maximum Gasteiger partial charge on any atom is 0.257 e. The molecule has 0 saturated heterocycles. The first-order valence-corrected chi connectivity index (χ1v) is 19.3. The maximum atomic E-state index is 7.36. The summed E-state index contributed by atoms with van der Waals surface area (Å²) in [6.45, 7) is 21.4. The summed E-state index contributed by atoms with van der Waals surface area (Å²) in [5.74, 6) is 3.27. The third kappa shape index (κ3) is 4.23. The van der Waals surface area contributed by atoms with Crippen LogP contribution in [0.5, 0.6) is 0 Å². The summed E-state index contributed by atoms with van der Waals surface area (Å²) < 4.78 is 14.5. The molecule has 6 aromatic rings. The van der Waals surface area contributed by atoms with E-state index in [4.69, 9.17) is 8.83 Å². The standard InChI is InChI=1S/C47H49BN2O2/c1-28-24-34-39-35(25-28)50(30-18-14-11-15-19-30)43-40(38-42(52-43)47(8,9)23-21-45(38,4)5)48(39)32-27-36-31(26-33(32)49(34)29-16-12-10-13-17-29)37-41(51-36)46(6,7)22-20-44(37,2)3/h10-19,24-27H,20-23H2,1-9H3. The first-order valence-electron chi connectivity index (χ1n) is 19.3. The lowest BCUT2D eigenvalue weighted by Gasteiger charge is -2.44. The topological polar surface area (TPSA) is 32.8 Å². The van der Waals surface area contributed by atoms with Crippen molar-refractivity contribution in [2.45, 2.75) is 110 Å². The zero-order valence-corrected chi connectivity index (χ0v) is 32.2. The number of anilines is 6. The van der Waals surface area contributed by atoms with Crippen LogP contribution in [0.2, 0.25) is 0 Å². The second-order valence-electron chi connectivity index (χ2n) is 18.8. The van der Waals surface area contributed by atoms with E-state index >= 15 is 0 Å². The average molecular weight is 685 g/mol. The van der Waals surface area contributed by atoms with E-state index < -0.39 is 0 Å². The normalized spacial score (nSPS) is 19.8. The van der Waals surface area contributed by atoms with E-state index in [-0.39, 0.29) is 28.4 Å². The lowest BCUT2D eigenvalue weighted by atomic mass is 9.32. The fourth-order valence-electron chi connectivity index (χ4n) is 10.3. The average Bonchev–Trinajstić information content (AvgIpc) is 3.71. The number of aryl methyl sites for hydroxylation is 1. The van der Waals surface area contributed by atoms with Gasteiger partial charge in [0, 0.05) is 50.2 Å². The summed E-state index contributed by atoms with van der Waals surface area (Å²) >= 11 is 0. The van der Waals surface area contributed by atoms with Gasteiger partial charge in [0.1, 0.15) is 17.1 Å². The van der Waals surface area contributed by atoms with Crippen LogP contribution in [0.3, 0.4) is 0 Å². The SMILES string of the molecule is Cc1cc2c3c(c1)N(c1ccccc1)c1oc4c(c1B3c1cc3oc5c(c3cc1N2c1ccccc1)C(C)(C)CCC5(C)C)C(C)(C)CCC4(C)C. The highest BCUT2D eigenvalue weighted by atomic mass is 16.4. The van der Waals surface area contributed by atoms with E-state index in [0.29, 0.717) is 0 Å². The Kier molecular flexibility index (Phi) is 6.33. The molecule has 2 aliphatic carbocycles. The molecular formula is C47H49BN2O2. The predicted molar refractivity (Wildman–Crippen MR) is 218 cm³/mol. The van der Waals surface area contributed by atoms with Crippen molar-refractivity contribution in [1.82, 2.24) is 0 Å². The number of hydrogen-bond donors (Lipinski definition) is 0. The van der Waals surface area contributed by atoms with E-state index in [0.717, 1.165) is 54.4 Å². The van der Waals surface area contributed by atoms with Gasteiger partial charge in [-0.2, -0.15) is 0 Å². The first-order chi connectivity index (χ1) is 24.7. The fourth-order valence-corrected chi connectivity index (χ4v) is 10.3. The zero-order valence-electron chi connectivity index (χ0n) is 32.2. The quantitative estimate of drug-likeness (QED) is 0.170. The first kappa shape index (κ1) is 32.0. The van der Waals surface area contributed by atoms with Crippen LogP contribution in [0.25, 0.3) is 11.0 Å². The van der Waals surface area contributed by atoms with Gasteiger partial charge in [0.05, 0.1) is 0 Å². The van der Waals surface area contributed by atoms with Gasteiger partial charge in [-0.1, -0.05) is 91.8 Å². The molecule has 5 heteroatoms. The Morgan fingerprint density at radius 2 is 1.06 bits per heavy atom. The molecule has 0 amide bonds. The second kappa shape index (κ2) is 10.3. The molecule has 4 aliphatic rings. The fraction of sp³-hybridized carbons (Fsp3) is 0.362. The minimum atomic E-state index is -0.0791. The van der Waals surface area contributed by atoms with Crippen LogP contribution >= 0.6 is 0 Å². The lowest BCUT2D eigenvalue weighted by molar-refractivity contribution is 0.280. The van der Waals surface area contributed by atoms with Gasteiger partial charge in [-0.05, 0) is 119 Å². The molecule has 4 heterocycles. The Labute approximate surface area is 308 Å². The van der Waals surface area contributed by atoms with Crippen molar-refractivity contribution >= 4 is 68.4 Å². The van der Waals surface area contributed by atoms with Crippen LogP contribution in [0.1, 0.15) is 109 Å². The summed E-state index contributed by atoms with van der Waals surface area (Å²) in [6.07, 6.45) is 4.46. The summed E-state index contributed by atoms with van der Waals surface area (Å²) in [5, 5.41) is 1.25. The summed E-state index contributed by atoms with van der Waals surface area (Å²) in [5.41, 5.74) is 14.7. The Hall–Kier alpha value is -4.64. The molecule has 0 spiro atoms. The van der Waals surface area contributed by atoms with Gasteiger partial charge in [0.2, 0.25) is 0 Å². The van der Waals surface area contributed by atoms with E-state index in [1.807, 2.05) is 0 Å². The van der Waals surface area contributed by atoms with Crippen molar-refractivity contribution in [3.8, 4) is 0 Å². The van der Waals surface area contributed by atoms with Crippen molar-refractivity contribution in [1.29, 1.82) is 0 Å². The Balaban J connectivity index is 1.37. The summed E-state index contributed by atoms with van der Waals surface area (Å²) in [6, 6.07) is 31.5. The third-order valence-corrected chi connectivity index (χ3v) is 13.2. The van der Waals surface area contributed by atoms with Gasteiger partial charge in [-0.15, -0.1) is 0 Å². The Bertz CT molecular complexity index is 2450. The van der Waals surface area contributed by atoms with Gasteiger partial charge in [0.25, 0.3) is 6.71 Å². The van der Waals surface area contributed by atoms with E-state index in [1.54, 1.807) is 0 Å². The van der Waals surface area contributed by atoms with E-state index in [9.17, 15) is 0 Å². The number of rotatable bonds is 2. The monoisotopic (exact) mass is 684 g/mol. The highest BCUT2D eigenvalue weighted by Gasteiger charge is 2.53. The molecule has 2 aliphatic heterocycles. The highest BCUT2D eigenvalue weighted by Crippen LogP contribution is 2.54. The zero-order chi connectivity index (χ0) is 36.1. The largest absolute Gasteiger partial charge is 0.460 e. The Morgan fingerprint density at radius 3 is 1.67 bits per heavy atom. The molecule has 262 valence electrons. The molecule has 0 radical (unpaired) electrons. The molecule has 4 aromatic carbocycles. The van der Waals surface area contributed by atoms with Crippen LogP contribution in [-0.2, 0) is 21.7 Å². The van der Waals surface area contributed by atoms with Crippen molar-refractivity contribution in [3.05, 3.63) is 113 Å².